The molecule has 0 aromatic carbocycles. The van der Waals surface area contributed by atoms with Gasteiger partial charge in [-0.2, -0.15) is 12.6 Å². The van der Waals surface area contributed by atoms with Crippen molar-refractivity contribution in [2.45, 2.75) is 122 Å². The lowest BCUT2D eigenvalue weighted by atomic mass is 9.83. The zero-order valence-electron chi connectivity index (χ0n) is 37.1. The number of rotatable bonds is 37. The van der Waals surface area contributed by atoms with Crippen molar-refractivity contribution in [3.8, 4) is 0 Å². The number of amides is 3. The van der Waals surface area contributed by atoms with Crippen LogP contribution in [0.2, 0.25) is 0 Å². The molecule has 360 valence electrons. The molecule has 7 N–H and O–H groups in total. The second-order valence-corrected chi connectivity index (χ2v) is 15.3. The fourth-order valence-corrected chi connectivity index (χ4v) is 6.49. The predicted molar refractivity (Wildman–Crippen MR) is 231 cm³/mol. The van der Waals surface area contributed by atoms with E-state index in [-0.39, 0.29) is 113 Å². The molecular formula is C42H70N4O16S. The van der Waals surface area contributed by atoms with Gasteiger partial charge in [0, 0.05) is 61.9 Å². The minimum Gasteiger partial charge on any atom is -0.481 e. The molecule has 0 unspecified atom stereocenters. The average molecular weight is 919 g/mol. The Morgan fingerprint density at radius 3 is 1.97 bits per heavy atom. The molecule has 0 fully saturated rings. The Morgan fingerprint density at radius 1 is 0.810 bits per heavy atom. The molecule has 0 radical (unpaired) electrons. The second kappa shape index (κ2) is 33.5. The van der Waals surface area contributed by atoms with Crippen LogP contribution in [0.3, 0.4) is 0 Å². The first kappa shape index (κ1) is 57.0. The second-order valence-electron chi connectivity index (χ2n) is 15.0. The molecule has 0 spiro atoms. The van der Waals surface area contributed by atoms with Crippen molar-refractivity contribution in [2.24, 2.45) is 17.6 Å². The summed E-state index contributed by atoms with van der Waals surface area (Å²) in [6, 6.07) is -2.82. The maximum atomic E-state index is 12.7. The number of hydrogen-bond donors (Lipinski definition) is 7. The third kappa shape index (κ3) is 25.2. The van der Waals surface area contributed by atoms with Gasteiger partial charge in [-0.15, -0.1) is 0 Å². The van der Waals surface area contributed by atoms with Crippen LogP contribution in [0.4, 0.5) is 0 Å². The van der Waals surface area contributed by atoms with Crippen LogP contribution in [-0.2, 0) is 66.8 Å². The van der Waals surface area contributed by atoms with Crippen LogP contribution in [0.5, 0.6) is 0 Å². The van der Waals surface area contributed by atoms with Gasteiger partial charge in [0.05, 0.1) is 90.1 Å². The first-order valence-corrected chi connectivity index (χ1v) is 22.3. The van der Waals surface area contributed by atoms with E-state index >= 15 is 0 Å². The van der Waals surface area contributed by atoms with Gasteiger partial charge < -0.3 is 60.3 Å². The largest absolute Gasteiger partial charge is 0.481 e. The maximum Gasteiger partial charge on any atom is 0.333 e. The Balaban J connectivity index is 2.14. The van der Waals surface area contributed by atoms with Gasteiger partial charge in [-0.05, 0) is 38.7 Å². The van der Waals surface area contributed by atoms with Gasteiger partial charge in [0.1, 0.15) is 17.6 Å². The molecule has 1 aliphatic rings. The first-order chi connectivity index (χ1) is 30.1. The van der Waals surface area contributed by atoms with E-state index in [1.165, 1.54) is 0 Å². The molecule has 0 aliphatic heterocycles. The highest BCUT2D eigenvalue weighted by Gasteiger charge is 2.35. The summed E-state index contributed by atoms with van der Waals surface area (Å²) in [5, 5.41) is 26.1. The summed E-state index contributed by atoms with van der Waals surface area (Å²) in [5.74, 6) is -7.24. The summed E-state index contributed by atoms with van der Waals surface area (Å²) in [6.07, 6.45) is 2.12. The number of thiol groups is 1. The van der Waals surface area contributed by atoms with Crippen molar-refractivity contribution in [1.82, 2.24) is 16.0 Å². The molecule has 0 saturated heterocycles. The molecule has 0 aromatic heterocycles. The van der Waals surface area contributed by atoms with E-state index < -0.39 is 60.4 Å². The number of nitrogens with one attached hydrogen (secondary N) is 3. The lowest BCUT2D eigenvalue weighted by molar-refractivity contribution is -0.144. The van der Waals surface area contributed by atoms with Gasteiger partial charge >= 0.3 is 17.9 Å². The molecule has 20 nitrogen and oxygen atoms in total. The first-order valence-electron chi connectivity index (χ1n) is 21.6. The van der Waals surface area contributed by atoms with Gasteiger partial charge in [0.25, 0.3) is 0 Å². The van der Waals surface area contributed by atoms with E-state index in [0.717, 1.165) is 12.8 Å². The Labute approximate surface area is 375 Å². The summed E-state index contributed by atoms with van der Waals surface area (Å²) in [6.45, 7) is 10.6. The fraction of sp³-hybridized carbons (Fsp3) is 0.762. The van der Waals surface area contributed by atoms with E-state index in [1.807, 2.05) is 13.0 Å². The SMILES string of the molecule is CCOC(=O)C1=C[C@@H](OC(CC)CC)[C@H](C)[C@@H](NC(=O)CCOCCOCCOCCOCCNC(=O)CCC(=O)CC[C@H](N)C(=O)C[C@@H](CC(=O)O)C(=O)N[C@@H](CS)C(=O)O)C1. The summed E-state index contributed by atoms with van der Waals surface area (Å²) in [7, 11) is 0. The maximum absolute atomic E-state index is 12.7. The highest BCUT2D eigenvalue weighted by Crippen LogP contribution is 2.29. The molecule has 1 rings (SSSR count). The minimum absolute atomic E-state index is 0.0374. The van der Waals surface area contributed by atoms with Crippen LogP contribution in [0.1, 0.15) is 91.9 Å². The molecule has 0 aromatic rings. The average Bonchev–Trinajstić information content (AvgIpc) is 3.24. The third-order valence-corrected chi connectivity index (χ3v) is 10.4. The number of Topliss-reactive ketones (excluding diaryl/α,β-unsaturated/α-hetero) is 2. The molecule has 3 amide bonds. The van der Waals surface area contributed by atoms with E-state index in [0.29, 0.717) is 45.0 Å². The number of nitrogens with two attached hydrogens (primary N) is 1. The van der Waals surface area contributed by atoms with Crippen LogP contribution in [-0.4, -0.2) is 160 Å². The summed E-state index contributed by atoms with van der Waals surface area (Å²) in [5.41, 5.74) is 6.39. The summed E-state index contributed by atoms with van der Waals surface area (Å²) in [4.78, 5) is 97.1. The van der Waals surface area contributed by atoms with Gasteiger partial charge in [-0.1, -0.05) is 20.8 Å². The molecule has 21 heteroatoms. The summed E-state index contributed by atoms with van der Waals surface area (Å²) < 4.78 is 33.4. The Kier molecular flexibility index (Phi) is 30.3. The van der Waals surface area contributed by atoms with Crippen molar-refractivity contribution in [3.63, 3.8) is 0 Å². The highest BCUT2D eigenvalue weighted by molar-refractivity contribution is 7.80. The quantitative estimate of drug-likeness (QED) is 0.0261. The van der Waals surface area contributed by atoms with Crippen LogP contribution in [0, 0.1) is 11.8 Å². The van der Waals surface area contributed by atoms with E-state index in [2.05, 4.69) is 42.4 Å². The number of esters is 1. The van der Waals surface area contributed by atoms with Gasteiger partial charge in [0.2, 0.25) is 17.7 Å². The van der Waals surface area contributed by atoms with Crippen molar-refractivity contribution < 1.29 is 77.0 Å². The Bertz CT molecular complexity index is 1480. The Hall–Kier alpha value is -3.99. The van der Waals surface area contributed by atoms with Crippen molar-refractivity contribution in [1.29, 1.82) is 0 Å². The molecule has 0 saturated carbocycles. The number of carbonyl (C=O) groups excluding carboxylic acids is 6. The smallest absolute Gasteiger partial charge is 0.333 e. The number of carboxylic acid groups (broad SMARTS) is 2. The molecule has 0 heterocycles. The van der Waals surface area contributed by atoms with Crippen molar-refractivity contribution in [2.75, 3.05) is 71.8 Å². The normalized spacial score (nSPS) is 17.5. The van der Waals surface area contributed by atoms with Gasteiger partial charge in [-0.3, -0.25) is 28.8 Å². The van der Waals surface area contributed by atoms with Crippen LogP contribution < -0.4 is 21.7 Å². The molecule has 6 atom stereocenters. The zero-order valence-corrected chi connectivity index (χ0v) is 38.0. The van der Waals surface area contributed by atoms with Crippen LogP contribution >= 0.6 is 12.6 Å². The standard InChI is InChI=1S/C42H70N4O16S/c1-5-31(6-2)62-36-24-29(42(56)61-7-3)22-33(27(36)4)45-38(50)12-14-57-16-18-59-20-21-60-19-17-58-15-13-44-37(49)11-9-30(47)8-10-32(43)35(48)23-28(25-39(51)52)40(53)46-34(26-63)41(54)55/h24,27-28,31-34,36,63H,5-23,25-26,43H2,1-4H3,(H,44,49)(H,45,50)(H,46,53)(H,51,52)(H,54,55)/t27-,28+,32+,33+,34+,36-/m1/s1. The predicted octanol–water partition coefficient (Wildman–Crippen LogP) is 1.15. The Morgan fingerprint density at radius 2 is 1.41 bits per heavy atom. The third-order valence-electron chi connectivity index (χ3n) is 10.1. The minimum atomic E-state index is -1.37. The van der Waals surface area contributed by atoms with Gasteiger partial charge in [0.15, 0.2) is 0 Å². The number of ketones is 2. The molecule has 1 aliphatic carbocycles. The van der Waals surface area contributed by atoms with E-state index in [4.69, 9.17) is 44.4 Å². The van der Waals surface area contributed by atoms with Crippen LogP contribution in [0.25, 0.3) is 0 Å². The topological polar surface area (TPSA) is 295 Å². The van der Waals surface area contributed by atoms with Crippen molar-refractivity contribution in [3.05, 3.63) is 11.6 Å². The number of carboxylic acids is 2. The molecule has 0 bridgehead atoms. The number of hydrogen-bond acceptors (Lipinski definition) is 16. The fourth-order valence-electron chi connectivity index (χ4n) is 6.24. The molecule has 63 heavy (non-hydrogen) atoms. The molecular weight excluding hydrogens is 849 g/mol. The van der Waals surface area contributed by atoms with Gasteiger partial charge in [-0.25, -0.2) is 9.59 Å². The lowest BCUT2D eigenvalue weighted by Crippen LogP contribution is -2.48. The monoisotopic (exact) mass is 918 g/mol. The zero-order chi connectivity index (χ0) is 47.2. The number of carbonyl (C=O) groups is 8. The number of aliphatic carboxylic acids is 2. The summed E-state index contributed by atoms with van der Waals surface area (Å²) >= 11 is 3.84. The van der Waals surface area contributed by atoms with E-state index in [1.54, 1.807) is 6.92 Å². The lowest BCUT2D eigenvalue weighted by Gasteiger charge is -2.36. The highest BCUT2D eigenvalue weighted by atomic mass is 32.1. The van der Waals surface area contributed by atoms with Crippen LogP contribution in [0.15, 0.2) is 11.6 Å². The van der Waals surface area contributed by atoms with Crippen molar-refractivity contribution >= 4 is 59.8 Å². The van der Waals surface area contributed by atoms with E-state index in [9.17, 15) is 38.4 Å². The number of ether oxygens (including phenoxy) is 6.